The third kappa shape index (κ3) is 4.25. The molecule has 1 aliphatic rings. The molecule has 1 aromatic carbocycles. The average Bonchev–Trinajstić information content (AvgIpc) is 2.43. The van der Waals surface area contributed by atoms with Gasteiger partial charge in [-0.1, -0.05) is 6.92 Å². The van der Waals surface area contributed by atoms with Gasteiger partial charge in [-0.25, -0.2) is 0 Å². The second-order valence-corrected chi connectivity index (χ2v) is 4.98. The average molecular weight is 304 g/mol. The lowest BCUT2D eigenvalue weighted by Gasteiger charge is -2.35. The van der Waals surface area contributed by atoms with E-state index in [0.717, 1.165) is 32.2 Å². The SMILES string of the molecule is CC[C@H](c1cc(OC(F)(F)F)ccc1O)N1CCNCC1. The molecule has 0 saturated carbocycles. The highest BCUT2D eigenvalue weighted by molar-refractivity contribution is 5.41. The van der Waals surface area contributed by atoms with Crippen molar-refractivity contribution in [1.29, 1.82) is 0 Å². The van der Waals surface area contributed by atoms with E-state index in [-0.39, 0.29) is 17.5 Å². The first kappa shape index (κ1) is 15.9. The number of hydrogen-bond acceptors (Lipinski definition) is 4. The predicted octanol–water partition coefficient (Wildman–Crippen LogP) is 2.65. The van der Waals surface area contributed by atoms with Crippen LogP contribution in [0.1, 0.15) is 24.9 Å². The van der Waals surface area contributed by atoms with Crippen molar-refractivity contribution in [3.63, 3.8) is 0 Å². The molecule has 0 aromatic heterocycles. The molecular weight excluding hydrogens is 285 g/mol. The number of ether oxygens (including phenoxy) is 1. The van der Waals surface area contributed by atoms with Crippen LogP contribution < -0.4 is 10.1 Å². The summed E-state index contributed by atoms with van der Waals surface area (Å²) in [5, 5.41) is 13.2. The van der Waals surface area contributed by atoms with Crippen molar-refractivity contribution in [2.75, 3.05) is 26.2 Å². The molecule has 0 spiro atoms. The zero-order chi connectivity index (χ0) is 15.5. The van der Waals surface area contributed by atoms with Crippen molar-refractivity contribution in [3.8, 4) is 11.5 Å². The van der Waals surface area contributed by atoms with Gasteiger partial charge in [0.1, 0.15) is 11.5 Å². The number of benzene rings is 1. The van der Waals surface area contributed by atoms with Gasteiger partial charge < -0.3 is 15.2 Å². The molecule has 1 saturated heterocycles. The number of phenolic OH excluding ortho intramolecular Hbond substituents is 1. The van der Waals surface area contributed by atoms with Crippen LogP contribution in [0.4, 0.5) is 13.2 Å². The van der Waals surface area contributed by atoms with Gasteiger partial charge in [0.05, 0.1) is 0 Å². The Labute approximate surface area is 121 Å². The molecule has 4 nitrogen and oxygen atoms in total. The molecule has 1 heterocycles. The second-order valence-electron chi connectivity index (χ2n) is 4.98. The minimum absolute atomic E-state index is 0.00472. The Bertz CT molecular complexity index is 474. The third-order valence-corrected chi connectivity index (χ3v) is 3.57. The number of phenols is 1. The number of alkyl halides is 3. The molecule has 118 valence electrons. The molecular formula is C14H19F3N2O2. The molecule has 0 aliphatic carbocycles. The van der Waals surface area contributed by atoms with Crippen LogP contribution in [0, 0.1) is 0 Å². The van der Waals surface area contributed by atoms with Crippen LogP contribution >= 0.6 is 0 Å². The number of nitrogens with one attached hydrogen (secondary N) is 1. The topological polar surface area (TPSA) is 44.7 Å². The van der Waals surface area contributed by atoms with E-state index in [9.17, 15) is 18.3 Å². The highest BCUT2D eigenvalue weighted by Gasteiger charge is 2.32. The summed E-state index contributed by atoms with van der Waals surface area (Å²) < 4.78 is 40.9. The highest BCUT2D eigenvalue weighted by Crippen LogP contribution is 2.35. The standard InChI is InChI=1S/C14H19F3N2O2/c1-2-12(19-7-5-18-6-8-19)11-9-10(3-4-13(11)20)21-14(15,16)17/h3-4,9,12,18,20H,2,5-8H2,1H3/t12-/m1/s1. The van der Waals surface area contributed by atoms with E-state index in [0.29, 0.717) is 12.0 Å². The number of hydrogen-bond donors (Lipinski definition) is 2. The quantitative estimate of drug-likeness (QED) is 0.897. The maximum atomic E-state index is 12.3. The number of rotatable bonds is 4. The number of halogens is 3. The summed E-state index contributed by atoms with van der Waals surface area (Å²) in [5.74, 6) is -0.307. The summed E-state index contributed by atoms with van der Waals surface area (Å²) in [6.07, 6.45) is -4.03. The predicted molar refractivity (Wildman–Crippen MR) is 72.3 cm³/mol. The van der Waals surface area contributed by atoms with Crippen molar-refractivity contribution in [1.82, 2.24) is 10.2 Å². The zero-order valence-corrected chi connectivity index (χ0v) is 11.8. The Hall–Kier alpha value is -1.47. The van der Waals surface area contributed by atoms with Crippen LogP contribution in [-0.2, 0) is 0 Å². The van der Waals surface area contributed by atoms with Crippen LogP contribution in [0.25, 0.3) is 0 Å². The van der Waals surface area contributed by atoms with Gasteiger partial charge in [0.25, 0.3) is 0 Å². The lowest BCUT2D eigenvalue weighted by Crippen LogP contribution is -2.45. The van der Waals surface area contributed by atoms with Crippen molar-refractivity contribution in [3.05, 3.63) is 23.8 Å². The normalized spacial score (nSPS) is 18.5. The Kier molecular flexibility index (Phi) is 4.95. The fourth-order valence-corrected chi connectivity index (χ4v) is 2.67. The number of piperazine rings is 1. The van der Waals surface area contributed by atoms with E-state index in [2.05, 4.69) is 15.0 Å². The summed E-state index contributed by atoms with van der Waals surface area (Å²) in [4.78, 5) is 2.16. The largest absolute Gasteiger partial charge is 0.573 e. The van der Waals surface area contributed by atoms with Crippen molar-refractivity contribution >= 4 is 0 Å². The maximum absolute atomic E-state index is 12.3. The molecule has 21 heavy (non-hydrogen) atoms. The van der Waals surface area contributed by atoms with Gasteiger partial charge in [0.15, 0.2) is 0 Å². The Morgan fingerprint density at radius 3 is 2.57 bits per heavy atom. The minimum Gasteiger partial charge on any atom is -0.508 e. The molecule has 1 aromatic rings. The summed E-state index contributed by atoms with van der Waals surface area (Å²) in [6, 6.07) is 3.53. The van der Waals surface area contributed by atoms with E-state index in [4.69, 9.17) is 0 Å². The Morgan fingerprint density at radius 2 is 2.00 bits per heavy atom. The van der Waals surface area contributed by atoms with Gasteiger partial charge in [0.2, 0.25) is 0 Å². The van der Waals surface area contributed by atoms with Crippen LogP contribution in [-0.4, -0.2) is 42.5 Å². The van der Waals surface area contributed by atoms with Gasteiger partial charge in [-0.2, -0.15) is 0 Å². The molecule has 0 radical (unpaired) electrons. The van der Waals surface area contributed by atoms with E-state index < -0.39 is 6.36 Å². The zero-order valence-electron chi connectivity index (χ0n) is 11.8. The second kappa shape index (κ2) is 6.53. The van der Waals surface area contributed by atoms with Gasteiger partial charge in [-0.3, -0.25) is 4.90 Å². The van der Waals surface area contributed by atoms with E-state index in [1.54, 1.807) is 0 Å². The first-order valence-electron chi connectivity index (χ1n) is 6.94. The number of aromatic hydroxyl groups is 1. The molecule has 2 N–H and O–H groups in total. The monoisotopic (exact) mass is 304 g/mol. The molecule has 7 heteroatoms. The Balaban J connectivity index is 2.24. The summed E-state index contributed by atoms with van der Waals surface area (Å²) >= 11 is 0. The van der Waals surface area contributed by atoms with E-state index in [1.165, 1.54) is 12.1 Å². The van der Waals surface area contributed by atoms with Gasteiger partial charge >= 0.3 is 6.36 Å². The summed E-state index contributed by atoms with van der Waals surface area (Å²) in [5.41, 5.74) is 0.473. The highest BCUT2D eigenvalue weighted by atomic mass is 19.4. The van der Waals surface area contributed by atoms with Crippen molar-refractivity contribution < 1.29 is 23.0 Å². The number of nitrogens with zero attached hydrogens (tertiary/aromatic N) is 1. The third-order valence-electron chi connectivity index (χ3n) is 3.57. The van der Waals surface area contributed by atoms with Gasteiger partial charge in [-0.15, -0.1) is 13.2 Å². The van der Waals surface area contributed by atoms with Crippen LogP contribution in [0.15, 0.2) is 18.2 Å². The van der Waals surface area contributed by atoms with Gasteiger partial charge in [-0.05, 0) is 24.6 Å². The Morgan fingerprint density at radius 1 is 1.33 bits per heavy atom. The first-order valence-corrected chi connectivity index (χ1v) is 6.94. The van der Waals surface area contributed by atoms with Gasteiger partial charge in [0, 0.05) is 37.8 Å². The fourth-order valence-electron chi connectivity index (χ4n) is 2.67. The maximum Gasteiger partial charge on any atom is 0.573 e. The summed E-state index contributed by atoms with van der Waals surface area (Å²) in [7, 11) is 0. The van der Waals surface area contributed by atoms with Crippen LogP contribution in [0.2, 0.25) is 0 Å². The molecule has 0 amide bonds. The molecule has 1 aliphatic heterocycles. The molecule has 0 unspecified atom stereocenters. The molecule has 0 bridgehead atoms. The van der Waals surface area contributed by atoms with Crippen molar-refractivity contribution in [2.24, 2.45) is 0 Å². The fraction of sp³-hybridized carbons (Fsp3) is 0.571. The summed E-state index contributed by atoms with van der Waals surface area (Å²) in [6.45, 7) is 5.19. The van der Waals surface area contributed by atoms with Crippen molar-refractivity contribution in [2.45, 2.75) is 25.7 Å². The van der Waals surface area contributed by atoms with E-state index >= 15 is 0 Å². The molecule has 2 rings (SSSR count). The molecule has 1 fully saturated rings. The smallest absolute Gasteiger partial charge is 0.508 e. The van der Waals surface area contributed by atoms with Crippen LogP contribution in [0.3, 0.4) is 0 Å². The lowest BCUT2D eigenvalue weighted by atomic mass is 10.0. The first-order chi connectivity index (χ1) is 9.90. The lowest BCUT2D eigenvalue weighted by molar-refractivity contribution is -0.274. The van der Waals surface area contributed by atoms with Crippen LogP contribution in [0.5, 0.6) is 11.5 Å². The minimum atomic E-state index is -4.73. The molecule has 1 atom stereocenters. The van der Waals surface area contributed by atoms with E-state index in [1.807, 2.05) is 6.92 Å².